The third-order valence-corrected chi connectivity index (χ3v) is 3.44. The van der Waals surface area contributed by atoms with Crippen molar-refractivity contribution in [1.82, 2.24) is 15.5 Å². The number of rotatable bonds is 7. The van der Waals surface area contributed by atoms with Crippen molar-refractivity contribution in [2.24, 2.45) is 0 Å². The minimum atomic E-state index is -0.151. The average Bonchev–Trinajstić information content (AvgIpc) is 2.65. The van der Waals surface area contributed by atoms with Gasteiger partial charge in [-0.15, -0.1) is 21.5 Å². The number of methoxy groups -OCH3 is 1. The lowest BCUT2D eigenvalue weighted by Gasteiger charge is -2.20. The lowest BCUT2D eigenvalue weighted by atomic mass is 10.1. The van der Waals surface area contributed by atoms with Crippen molar-refractivity contribution in [1.29, 1.82) is 0 Å². The predicted molar refractivity (Wildman–Crippen MR) is 66.9 cm³/mol. The summed E-state index contributed by atoms with van der Waals surface area (Å²) in [7, 11) is 3.70. The van der Waals surface area contributed by atoms with Crippen LogP contribution in [0.4, 0.5) is 0 Å². The Kier molecular flexibility index (Phi) is 5.31. The summed E-state index contributed by atoms with van der Waals surface area (Å²) in [6.45, 7) is 5.16. The van der Waals surface area contributed by atoms with Gasteiger partial charge >= 0.3 is 0 Å². The van der Waals surface area contributed by atoms with Gasteiger partial charge in [0.15, 0.2) is 0 Å². The molecule has 0 bridgehead atoms. The molecule has 1 aromatic rings. The minimum Gasteiger partial charge on any atom is -0.378 e. The summed E-state index contributed by atoms with van der Waals surface area (Å²) in [5.41, 5.74) is -0.151. The van der Waals surface area contributed by atoms with Crippen LogP contribution < -0.4 is 5.32 Å². The fraction of sp³-hybridized carbons (Fsp3) is 0.818. The Hall–Kier alpha value is -0.520. The highest BCUT2D eigenvalue weighted by Crippen LogP contribution is 2.19. The maximum Gasteiger partial charge on any atom is 0.120 e. The van der Waals surface area contributed by atoms with Gasteiger partial charge < -0.3 is 10.1 Å². The molecule has 0 amide bonds. The highest BCUT2D eigenvalue weighted by Gasteiger charge is 2.19. The Bertz CT molecular complexity index is 312. The zero-order valence-electron chi connectivity index (χ0n) is 10.5. The van der Waals surface area contributed by atoms with Crippen LogP contribution in [0.5, 0.6) is 0 Å². The first-order valence-electron chi connectivity index (χ1n) is 5.58. The topological polar surface area (TPSA) is 47.0 Å². The van der Waals surface area contributed by atoms with Crippen LogP contribution in [-0.2, 0) is 17.6 Å². The normalized spacial score (nSPS) is 12.0. The van der Waals surface area contributed by atoms with E-state index in [0.29, 0.717) is 0 Å². The molecule has 0 aromatic carbocycles. The summed E-state index contributed by atoms with van der Waals surface area (Å²) in [4.78, 5) is 0. The van der Waals surface area contributed by atoms with E-state index in [0.717, 1.165) is 35.8 Å². The zero-order chi connectivity index (χ0) is 12.0. The SMILES string of the molecule is CNCCCc1nnc(CC(C)(C)OC)s1. The number of aromatic nitrogens is 2. The van der Waals surface area contributed by atoms with Gasteiger partial charge in [-0.2, -0.15) is 0 Å². The lowest BCUT2D eigenvalue weighted by molar-refractivity contribution is 0.0230. The summed E-state index contributed by atoms with van der Waals surface area (Å²) < 4.78 is 5.38. The molecule has 5 heteroatoms. The van der Waals surface area contributed by atoms with Gasteiger partial charge in [0.05, 0.1) is 5.60 Å². The summed E-state index contributed by atoms with van der Waals surface area (Å²) in [5.74, 6) is 0. The highest BCUT2D eigenvalue weighted by molar-refractivity contribution is 7.11. The van der Waals surface area contributed by atoms with Crippen molar-refractivity contribution < 1.29 is 4.74 Å². The first-order valence-corrected chi connectivity index (χ1v) is 6.40. The van der Waals surface area contributed by atoms with Crippen LogP contribution in [0.15, 0.2) is 0 Å². The molecule has 16 heavy (non-hydrogen) atoms. The van der Waals surface area contributed by atoms with E-state index in [1.54, 1.807) is 18.4 Å². The van der Waals surface area contributed by atoms with Crippen molar-refractivity contribution in [3.8, 4) is 0 Å². The molecule has 0 fully saturated rings. The molecule has 0 atom stereocenters. The van der Waals surface area contributed by atoms with Crippen molar-refractivity contribution >= 4 is 11.3 Å². The molecule has 0 aliphatic rings. The molecular formula is C11H21N3OS. The monoisotopic (exact) mass is 243 g/mol. The molecule has 1 heterocycles. The molecule has 0 unspecified atom stereocenters. The maximum absolute atomic E-state index is 5.38. The number of ether oxygens (including phenoxy) is 1. The van der Waals surface area contributed by atoms with Gasteiger partial charge in [0, 0.05) is 20.0 Å². The number of nitrogens with zero attached hydrogens (tertiary/aromatic N) is 2. The fourth-order valence-corrected chi connectivity index (χ4v) is 2.42. The van der Waals surface area contributed by atoms with Crippen LogP contribution in [0.25, 0.3) is 0 Å². The molecule has 0 saturated carbocycles. The molecule has 0 aliphatic carbocycles. The Morgan fingerprint density at radius 2 is 2.00 bits per heavy atom. The molecule has 0 radical (unpaired) electrons. The van der Waals surface area contributed by atoms with Gasteiger partial charge in [0.2, 0.25) is 0 Å². The Labute approximate surface area is 101 Å². The average molecular weight is 243 g/mol. The fourth-order valence-electron chi connectivity index (χ4n) is 1.31. The van der Waals surface area contributed by atoms with E-state index >= 15 is 0 Å². The van der Waals surface area contributed by atoms with Gasteiger partial charge in [0.1, 0.15) is 10.0 Å². The van der Waals surface area contributed by atoms with Crippen LogP contribution in [0.2, 0.25) is 0 Å². The molecule has 92 valence electrons. The maximum atomic E-state index is 5.38. The smallest absolute Gasteiger partial charge is 0.120 e. The van der Waals surface area contributed by atoms with E-state index in [2.05, 4.69) is 29.4 Å². The van der Waals surface area contributed by atoms with E-state index in [1.807, 2.05) is 7.05 Å². The van der Waals surface area contributed by atoms with Crippen molar-refractivity contribution in [3.63, 3.8) is 0 Å². The second-order valence-electron chi connectivity index (χ2n) is 4.44. The lowest BCUT2D eigenvalue weighted by Crippen LogP contribution is -2.25. The van der Waals surface area contributed by atoms with Crippen molar-refractivity contribution in [2.75, 3.05) is 20.7 Å². The quantitative estimate of drug-likeness (QED) is 0.740. The van der Waals surface area contributed by atoms with Crippen LogP contribution in [0.3, 0.4) is 0 Å². The summed E-state index contributed by atoms with van der Waals surface area (Å²) in [6, 6.07) is 0. The molecule has 0 saturated heterocycles. The van der Waals surface area contributed by atoms with Gasteiger partial charge in [0.25, 0.3) is 0 Å². The van der Waals surface area contributed by atoms with E-state index in [9.17, 15) is 0 Å². The Balaban J connectivity index is 2.45. The molecule has 1 rings (SSSR count). The summed E-state index contributed by atoms with van der Waals surface area (Å²) in [6.07, 6.45) is 2.94. The summed E-state index contributed by atoms with van der Waals surface area (Å²) in [5, 5.41) is 13.7. The molecule has 1 N–H and O–H groups in total. The predicted octanol–water partition coefficient (Wildman–Crippen LogP) is 1.66. The van der Waals surface area contributed by atoms with Gasteiger partial charge in [-0.3, -0.25) is 0 Å². The minimum absolute atomic E-state index is 0.151. The van der Waals surface area contributed by atoms with E-state index in [4.69, 9.17) is 4.74 Å². The van der Waals surface area contributed by atoms with Crippen molar-refractivity contribution in [3.05, 3.63) is 10.0 Å². The van der Waals surface area contributed by atoms with E-state index in [1.165, 1.54) is 0 Å². The first-order chi connectivity index (χ1) is 7.57. The Morgan fingerprint density at radius 3 is 2.62 bits per heavy atom. The third kappa shape index (κ3) is 4.55. The number of hydrogen-bond donors (Lipinski definition) is 1. The van der Waals surface area contributed by atoms with Crippen LogP contribution in [-0.4, -0.2) is 36.5 Å². The molecule has 1 aromatic heterocycles. The van der Waals surface area contributed by atoms with E-state index < -0.39 is 0 Å². The molecule has 0 spiro atoms. The zero-order valence-corrected chi connectivity index (χ0v) is 11.4. The van der Waals surface area contributed by atoms with Crippen LogP contribution in [0.1, 0.15) is 30.3 Å². The highest BCUT2D eigenvalue weighted by atomic mass is 32.1. The number of aryl methyl sites for hydroxylation is 1. The van der Waals surface area contributed by atoms with Crippen LogP contribution in [0, 0.1) is 0 Å². The second kappa shape index (κ2) is 6.27. The third-order valence-electron chi connectivity index (χ3n) is 2.46. The molecule has 4 nitrogen and oxygen atoms in total. The summed E-state index contributed by atoms with van der Waals surface area (Å²) >= 11 is 1.70. The Morgan fingerprint density at radius 1 is 1.31 bits per heavy atom. The van der Waals surface area contributed by atoms with Gasteiger partial charge in [-0.25, -0.2) is 0 Å². The standard InChI is InChI=1S/C11H21N3OS/c1-11(2,15-4)8-10-14-13-9(16-10)6-5-7-12-3/h12H,5-8H2,1-4H3. The molecule has 0 aliphatic heterocycles. The van der Waals surface area contributed by atoms with Gasteiger partial charge in [-0.05, 0) is 33.9 Å². The molecular weight excluding hydrogens is 222 g/mol. The first kappa shape index (κ1) is 13.5. The van der Waals surface area contributed by atoms with E-state index in [-0.39, 0.29) is 5.60 Å². The van der Waals surface area contributed by atoms with Crippen LogP contribution >= 0.6 is 11.3 Å². The number of hydrogen-bond acceptors (Lipinski definition) is 5. The van der Waals surface area contributed by atoms with Crippen molar-refractivity contribution in [2.45, 2.75) is 38.7 Å². The second-order valence-corrected chi connectivity index (χ2v) is 5.58. The van der Waals surface area contributed by atoms with Gasteiger partial charge in [-0.1, -0.05) is 0 Å². The number of nitrogens with one attached hydrogen (secondary N) is 1. The largest absolute Gasteiger partial charge is 0.378 e.